The molecule has 1 saturated heterocycles. The van der Waals surface area contributed by atoms with Crippen LogP contribution in [0.5, 0.6) is 0 Å². The first-order valence-electron chi connectivity index (χ1n) is 6.35. The van der Waals surface area contributed by atoms with Gasteiger partial charge in [0.25, 0.3) is 0 Å². The third-order valence-electron chi connectivity index (χ3n) is 3.33. The van der Waals surface area contributed by atoms with Crippen LogP contribution in [-0.4, -0.2) is 38.0 Å². The summed E-state index contributed by atoms with van der Waals surface area (Å²) in [6, 6.07) is 0.717. The molecule has 0 radical (unpaired) electrons. The Kier molecular flexibility index (Phi) is 4.42. The lowest BCUT2D eigenvalue weighted by atomic mass is 9.89. The molecule has 1 N–H and O–H groups in total. The monoisotopic (exact) mass is 213 g/mol. The van der Waals surface area contributed by atoms with Crippen LogP contribution in [0.3, 0.4) is 0 Å². The second-order valence-corrected chi connectivity index (χ2v) is 4.69. The van der Waals surface area contributed by atoms with E-state index < -0.39 is 0 Å². The van der Waals surface area contributed by atoms with Crippen molar-refractivity contribution in [3.05, 3.63) is 0 Å². The second kappa shape index (κ2) is 5.83. The second-order valence-electron chi connectivity index (χ2n) is 4.69. The maximum absolute atomic E-state index is 6.02. The minimum atomic E-state index is 0.468. The molecule has 3 nitrogen and oxygen atoms in total. The molecule has 2 aliphatic rings. The molecule has 0 aromatic carbocycles. The molecule has 2 rings (SSSR count). The number of nitrogens with one attached hydrogen (secondary N) is 1. The zero-order valence-corrected chi connectivity index (χ0v) is 9.71. The topological polar surface area (TPSA) is 30.5 Å². The highest BCUT2D eigenvalue weighted by Crippen LogP contribution is 2.26. The predicted molar refractivity (Wildman–Crippen MR) is 60.0 cm³/mol. The SMILES string of the molecule is CCCNC1CC(OC2CCOCC2)C1. The molecule has 0 amide bonds. The summed E-state index contributed by atoms with van der Waals surface area (Å²) < 4.78 is 11.3. The highest BCUT2D eigenvalue weighted by atomic mass is 16.5. The van der Waals surface area contributed by atoms with Crippen molar-refractivity contribution in [3.63, 3.8) is 0 Å². The van der Waals surface area contributed by atoms with Gasteiger partial charge in [0.2, 0.25) is 0 Å². The zero-order chi connectivity index (χ0) is 10.5. The van der Waals surface area contributed by atoms with Gasteiger partial charge in [0, 0.05) is 19.3 Å². The highest BCUT2D eigenvalue weighted by molar-refractivity contribution is 4.86. The first-order valence-corrected chi connectivity index (χ1v) is 6.35. The van der Waals surface area contributed by atoms with Crippen LogP contribution in [0.2, 0.25) is 0 Å². The Bertz CT molecular complexity index is 174. The summed E-state index contributed by atoms with van der Waals surface area (Å²) in [5.74, 6) is 0. The Labute approximate surface area is 92.5 Å². The van der Waals surface area contributed by atoms with Crippen molar-refractivity contribution in [1.82, 2.24) is 5.32 Å². The van der Waals surface area contributed by atoms with E-state index in [0.29, 0.717) is 12.2 Å². The fraction of sp³-hybridized carbons (Fsp3) is 1.00. The summed E-state index contributed by atoms with van der Waals surface area (Å²) in [4.78, 5) is 0. The first kappa shape index (κ1) is 11.4. The van der Waals surface area contributed by atoms with Gasteiger partial charge in [-0.3, -0.25) is 0 Å². The first-order chi connectivity index (χ1) is 7.38. The summed E-state index contributed by atoms with van der Waals surface area (Å²) in [7, 11) is 0. The summed E-state index contributed by atoms with van der Waals surface area (Å²) in [6.07, 6.45) is 6.79. The largest absolute Gasteiger partial charge is 0.381 e. The van der Waals surface area contributed by atoms with E-state index in [1.165, 1.54) is 19.3 Å². The zero-order valence-electron chi connectivity index (χ0n) is 9.71. The average Bonchev–Trinajstić information content (AvgIpc) is 2.23. The molecular formula is C12H23NO2. The van der Waals surface area contributed by atoms with Gasteiger partial charge in [-0.15, -0.1) is 0 Å². The van der Waals surface area contributed by atoms with E-state index in [2.05, 4.69) is 12.2 Å². The molecule has 1 aliphatic carbocycles. The van der Waals surface area contributed by atoms with E-state index in [1.807, 2.05) is 0 Å². The minimum Gasteiger partial charge on any atom is -0.381 e. The number of ether oxygens (including phenoxy) is 2. The molecule has 0 aromatic rings. The molecule has 0 spiro atoms. The summed E-state index contributed by atoms with van der Waals surface area (Å²) in [6.45, 7) is 5.13. The molecule has 0 unspecified atom stereocenters. The Hall–Kier alpha value is -0.120. The fourth-order valence-corrected chi connectivity index (χ4v) is 2.28. The minimum absolute atomic E-state index is 0.468. The molecule has 3 heteroatoms. The molecule has 15 heavy (non-hydrogen) atoms. The van der Waals surface area contributed by atoms with Crippen LogP contribution < -0.4 is 5.32 Å². The van der Waals surface area contributed by atoms with Crippen molar-refractivity contribution in [2.75, 3.05) is 19.8 Å². The predicted octanol–water partition coefficient (Wildman–Crippen LogP) is 1.71. The van der Waals surface area contributed by atoms with Crippen LogP contribution >= 0.6 is 0 Å². The van der Waals surface area contributed by atoms with E-state index in [1.54, 1.807) is 0 Å². The number of hydrogen-bond donors (Lipinski definition) is 1. The maximum atomic E-state index is 6.02. The van der Waals surface area contributed by atoms with Crippen LogP contribution in [0.4, 0.5) is 0 Å². The van der Waals surface area contributed by atoms with Crippen LogP contribution in [0, 0.1) is 0 Å². The molecule has 0 aromatic heterocycles. The van der Waals surface area contributed by atoms with Gasteiger partial charge in [-0.05, 0) is 38.6 Å². The van der Waals surface area contributed by atoms with Crippen molar-refractivity contribution >= 4 is 0 Å². The summed E-state index contributed by atoms with van der Waals surface area (Å²) in [5, 5.41) is 3.53. The van der Waals surface area contributed by atoms with Crippen molar-refractivity contribution < 1.29 is 9.47 Å². The molecule has 1 heterocycles. The van der Waals surface area contributed by atoms with Crippen molar-refractivity contribution in [1.29, 1.82) is 0 Å². The van der Waals surface area contributed by atoms with Gasteiger partial charge in [0.1, 0.15) is 0 Å². The molecule has 1 aliphatic heterocycles. The average molecular weight is 213 g/mol. The van der Waals surface area contributed by atoms with Gasteiger partial charge >= 0.3 is 0 Å². The Balaban J connectivity index is 1.54. The molecule has 0 bridgehead atoms. The normalized spacial score (nSPS) is 32.6. The molecule has 88 valence electrons. The number of hydrogen-bond acceptors (Lipinski definition) is 3. The Morgan fingerprint density at radius 1 is 1.20 bits per heavy atom. The molecule has 0 atom stereocenters. The van der Waals surface area contributed by atoms with Crippen molar-refractivity contribution in [2.24, 2.45) is 0 Å². The lowest BCUT2D eigenvalue weighted by molar-refractivity contribution is -0.101. The van der Waals surface area contributed by atoms with Crippen LogP contribution in [-0.2, 0) is 9.47 Å². The van der Waals surface area contributed by atoms with E-state index in [9.17, 15) is 0 Å². The Morgan fingerprint density at radius 2 is 1.93 bits per heavy atom. The highest BCUT2D eigenvalue weighted by Gasteiger charge is 2.31. The van der Waals surface area contributed by atoms with Crippen LogP contribution in [0.15, 0.2) is 0 Å². The lowest BCUT2D eigenvalue weighted by Gasteiger charge is -2.38. The van der Waals surface area contributed by atoms with E-state index in [-0.39, 0.29) is 0 Å². The third-order valence-corrected chi connectivity index (χ3v) is 3.33. The van der Waals surface area contributed by atoms with Gasteiger partial charge in [-0.2, -0.15) is 0 Å². The third kappa shape index (κ3) is 3.44. The van der Waals surface area contributed by atoms with Crippen LogP contribution in [0.1, 0.15) is 39.0 Å². The van der Waals surface area contributed by atoms with E-state index >= 15 is 0 Å². The number of rotatable bonds is 5. The fourth-order valence-electron chi connectivity index (χ4n) is 2.28. The summed E-state index contributed by atoms with van der Waals surface area (Å²) in [5.41, 5.74) is 0. The van der Waals surface area contributed by atoms with Gasteiger partial charge in [0.15, 0.2) is 0 Å². The molecule has 2 fully saturated rings. The quantitative estimate of drug-likeness (QED) is 0.754. The van der Waals surface area contributed by atoms with Gasteiger partial charge < -0.3 is 14.8 Å². The van der Waals surface area contributed by atoms with Gasteiger partial charge in [-0.1, -0.05) is 6.92 Å². The smallest absolute Gasteiger partial charge is 0.0622 e. The standard InChI is InChI=1S/C12H23NO2/c1-2-5-13-10-8-12(9-10)15-11-3-6-14-7-4-11/h10-13H,2-9H2,1H3. The maximum Gasteiger partial charge on any atom is 0.0622 e. The molecule has 1 saturated carbocycles. The molecular weight excluding hydrogens is 190 g/mol. The van der Waals surface area contributed by atoms with E-state index in [4.69, 9.17) is 9.47 Å². The van der Waals surface area contributed by atoms with E-state index in [0.717, 1.165) is 38.6 Å². The van der Waals surface area contributed by atoms with Crippen LogP contribution in [0.25, 0.3) is 0 Å². The van der Waals surface area contributed by atoms with Crippen molar-refractivity contribution in [3.8, 4) is 0 Å². The lowest BCUT2D eigenvalue weighted by Crippen LogP contribution is -2.47. The summed E-state index contributed by atoms with van der Waals surface area (Å²) >= 11 is 0. The van der Waals surface area contributed by atoms with Gasteiger partial charge in [0.05, 0.1) is 12.2 Å². The van der Waals surface area contributed by atoms with Gasteiger partial charge in [-0.25, -0.2) is 0 Å². The van der Waals surface area contributed by atoms with Crippen molar-refractivity contribution in [2.45, 2.75) is 57.3 Å². The Morgan fingerprint density at radius 3 is 2.60 bits per heavy atom.